The second-order valence-corrected chi connectivity index (χ2v) is 5.44. The third kappa shape index (κ3) is 6.75. The van der Waals surface area contributed by atoms with Gasteiger partial charge in [0.15, 0.2) is 6.61 Å². The van der Waals surface area contributed by atoms with E-state index < -0.39 is 11.8 Å². The molecule has 3 amide bonds. The average molecular weight is 380 g/mol. The van der Waals surface area contributed by atoms with Crippen molar-refractivity contribution < 1.29 is 19.1 Å². The minimum Gasteiger partial charge on any atom is -0.483 e. The highest BCUT2D eigenvalue weighted by Gasteiger charge is 2.11. The van der Waals surface area contributed by atoms with Gasteiger partial charge < -0.3 is 15.4 Å². The fraction of sp³-hybridized carbons (Fsp3) is 0.100. The van der Waals surface area contributed by atoms with Crippen LogP contribution in [0.15, 0.2) is 72.4 Å². The largest absolute Gasteiger partial charge is 0.483 e. The molecule has 0 heterocycles. The Morgan fingerprint density at radius 1 is 1.00 bits per heavy atom. The first-order valence-corrected chi connectivity index (χ1v) is 8.39. The Balaban J connectivity index is 1.89. The second kappa shape index (κ2) is 10.9. The van der Waals surface area contributed by atoms with Crippen molar-refractivity contribution in [2.24, 2.45) is 5.10 Å². The maximum atomic E-state index is 12.0. The molecule has 0 saturated carbocycles. The summed E-state index contributed by atoms with van der Waals surface area (Å²) in [6.45, 7) is 3.42. The first-order valence-electron chi connectivity index (χ1n) is 8.39. The standard InChI is InChI=1S/C20H20N4O4/c1-2-12-21-19(26)20(27)24-22-13-15-8-6-7-11-17(15)28-14-18(25)23-16-9-4-3-5-10-16/h2-11,13H,1,12,14H2,(H,21,26)(H,23,25)(H,24,27)/b22-13-. The molecular weight excluding hydrogens is 360 g/mol. The third-order valence-electron chi connectivity index (χ3n) is 3.32. The van der Waals surface area contributed by atoms with Crippen LogP contribution in [0.2, 0.25) is 0 Å². The normalized spacial score (nSPS) is 10.1. The Morgan fingerprint density at radius 2 is 1.71 bits per heavy atom. The van der Waals surface area contributed by atoms with Crippen LogP contribution in [0.4, 0.5) is 5.69 Å². The molecule has 2 rings (SSSR count). The summed E-state index contributed by atoms with van der Waals surface area (Å²) in [6, 6.07) is 15.9. The molecule has 0 bridgehead atoms. The molecule has 144 valence electrons. The highest BCUT2D eigenvalue weighted by Crippen LogP contribution is 2.16. The minimum absolute atomic E-state index is 0.178. The number of para-hydroxylation sites is 2. The van der Waals surface area contributed by atoms with E-state index in [9.17, 15) is 14.4 Å². The SMILES string of the molecule is C=CCNC(=O)C(=O)N/N=C\c1ccccc1OCC(=O)Nc1ccccc1. The molecule has 8 nitrogen and oxygen atoms in total. The molecule has 0 aliphatic rings. The maximum absolute atomic E-state index is 12.0. The van der Waals surface area contributed by atoms with E-state index in [1.807, 2.05) is 18.2 Å². The summed E-state index contributed by atoms with van der Waals surface area (Å²) in [5.74, 6) is -1.64. The zero-order chi connectivity index (χ0) is 20.2. The topological polar surface area (TPSA) is 109 Å². The van der Waals surface area contributed by atoms with Gasteiger partial charge in [0.2, 0.25) is 0 Å². The number of nitrogens with zero attached hydrogens (tertiary/aromatic N) is 1. The van der Waals surface area contributed by atoms with Gasteiger partial charge in [0, 0.05) is 17.8 Å². The Morgan fingerprint density at radius 3 is 2.46 bits per heavy atom. The van der Waals surface area contributed by atoms with Crippen molar-refractivity contribution in [1.82, 2.24) is 10.7 Å². The number of nitrogens with one attached hydrogen (secondary N) is 3. The molecule has 8 heteroatoms. The number of carbonyl (C=O) groups excluding carboxylic acids is 3. The van der Waals surface area contributed by atoms with E-state index in [0.717, 1.165) is 0 Å². The molecule has 28 heavy (non-hydrogen) atoms. The Labute approximate surface area is 162 Å². The van der Waals surface area contributed by atoms with Gasteiger partial charge in [0.1, 0.15) is 5.75 Å². The van der Waals surface area contributed by atoms with Crippen LogP contribution in [0.5, 0.6) is 5.75 Å². The van der Waals surface area contributed by atoms with E-state index >= 15 is 0 Å². The summed E-state index contributed by atoms with van der Waals surface area (Å²) in [4.78, 5) is 35.0. The highest BCUT2D eigenvalue weighted by molar-refractivity contribution is 6.35. The molecule has 2 aromatic rings. The van der Waals surface area contributed by atoms with Crippen LogP contribution in [0.25, 0.3) is 0 Å². The zero-order valence-electron chi connectivity index (χ0n) is 15.1. The second-order valence-electron chi connectivity index (χ2n) is 5.44. The van der Waals surface area contributed by atoms with Crippen molar-refractivity contribution in [2.75, 3.05) is 18.5 Å². The van der Waals surface area contributed by atoms with Crippen molar-refractivity contribution in [3.8, 4) is 5.75 Å². The summed E-state index contributed by atoms with van der Waals surface area (Å²) < 4.78 is 5.52. The molecule has 2 aromatic carbocycles. The van der Waals surface area contributed by atoms with Crippen molar-refractivity contribution in [3.05, 3.63) is 72.8 Å². The third-order valence-corrected chi connectivity index (χ3v) is 3.32. The van der Waals surface area contributed by atoms with Gasteiger partial charge in [-0.2, -0.15) is 5.10 Å². The molecule has 0 radical (unpaired) electrons. The molecular formula is C20H20N4O4. The van der Waals surface area contributed by atoms with Crippen molar-refractivity contribution in [3.63, 3.8) is 0 Å². The number of hydrogen-bond acceptors (Lipinski definition) is 5. The molecule has 0 saturated heterocycles. The van der Waals surface area contributed by atoms with Gasteiger partial charge >= 0.3 is 11.8 Å². The van der Waals surface area contributed by atoms with Crippen LogP contribution in [0.3, 0.4) is 0 Å². The molecule has 0 spiro atoms. The quantitative estimate of drug-likeness (QED) is 0.279. The number of amides is 3. The lowest BCUT2D eigenvalue weighted by molar-refractivity contribution is -0.139. The summed E-state index contributed by atoms with van der Waals surface area (Å²) >= 11 is 0. The number of carbonyl (C=O) groups is 3. The fourth-order valence-electron chi connectivity index (χ4n) is 2.04. The van der Waals surface area contributed by atoms with E-state index in [2.05, 4.69) is 27.7 Å². The Kier molecular flexibility index (Phi) is 7.94. The Bertz CT molecular complexity index is 866. The molecule has 0 aliphatic carbocycles. The minimum atomic E-state index is -0.904. The van der Waals surface area contributed by atoms with E-state index in [0.29, 0.717) is 17.0 Å². The summed E-state index contributed by atoms with van der Waals surface area (Å²) in [7, 11) is 0. The number of ether oxygens (including phenoxy) is 1. The summed E-state index contributed by atoms with van der Waals surface area (Å²) in [6.07, 6.45) is 2.78. The lowest BCUT2D eigenvalue weighted by Crippen LogP contribution is -2.37. The lowest BCUT2D eigenvalue weighted by Gasteiger charge is -2.09. The number of rotatable bonds is 8. The van der Waals surface area contributed by atoms with Crippen molar-refractivity contribution >= 4 is 29.6 Å². The molecule has 0 fully saturated rings. The van der Waals surface area contributed by atoms with Crippen LogP contribution in [0.1, 0.15) is 5.56 Å². The summed E-state index contributed by atoms with van der Waals surface area (Å²) in [5.41, 5.74) is 3.31. The fourth-order valence-corrected chi connectivity index (χ4v) is 2.04. The molecule has 0 aromatic heterocycles. The highest BCUT2D eigenvalue weighted by atomic mass is 16.5. The molecule has 3 N–H and O–H groups in total. The predicted octanol–water partition coefficient (Wildman–Crippen LogP) is 1.46. The van der Waals surface area contributed by atoms with Crippen LogP contribution in [0, 0.1) is 0 Å². The van der Waals surface area contributed by atoms with E-state index in [1.54, 1.807) is 36.4 Å². The number of hydrogen-bond donors (Lipinski definition) is 3. The molecule has 0 aliphatic heterocycles. The van der Waals surface area contributed by atoms with E-state index in [-0.39, 0.29) is 19.1 Å². The predicted molar refractivity (Wildman–Crippen MR) is 106 cm³/mol. The number of benzene rings is 2. The maximum Gasteiger partial charge on any atom is 0.329 e. The molecule has 0 unspecified atom stereocenters. The first-order chi connectivity index (χ1) is 13.6. The zero-order valence-corrected chi connectivity index (χ0v) is 15.1. The first kappa shape index (κ1) is 20.4. The number of hydrazone groups is 1. The van der Waals surface area contributed by atoms with Gasteiger partial charge in [-0.15, -0.1) is 6.58 Å². The van der Waals surface area contributed by atoms with Gasteiger partial charge in [0.05, 0.1) is 6.21 Å². The van der Waals surface area contributed by atoms with Crippen LogP contribution >= 0.6 is 0 Å². The van der Waals surface area contributed by atoms with Crippen molar-refractivity contribution in [2.45, 2.75) is 0 Å². The van der Waals surface area contributed by atoms with Gasteiger partial charge in [0.25, 0.3) is 5.91 Å². The van der Waals surface area contributed by atoms with Crippen LogP contribution < -0.4 is 20.8 Å². The van der Waals surface area contributed by atoms with Gasteiger partial charge in [-0.25, -0.2) is 5.43 Å². The Hall–Kier alpha value is -3.94. The number of anilines is 1. The monoisotopic (exact) mass is 380 g/mol. The van der Waals surface area contributed by atoms with E-state index in [1.165, 1.54) is 12.3 Å². The van der Waals surface area contributed by atoms with Crippen LogP contribution in [-0.2, 0) is 14.4 Å². The van der Waals surface area contributed by atoms with Gasteiger partial charge in [-0.05, 0) is 24.3 Å². The lowest BCUT2D eigenvalue weighted by atomic mass is 10.2. The van der Waals surface area contributed by atoms with Crippen molar-refractivity contribution in [1.29, 1.82) is 0 Å². The van der Waals surface area contributed by atoms with Gasteiger partial charge in [-0.1, -0.05) is 36.4 Å². The van der Waals surface area contributed by atoms with E-state index in [4.69, 9.17) is 4.74 Å². The smallest absolute Gasteiger partial charge is 0.329 e. The van der Waals surface area contributed by atoms with Crippen LogP contribution in [-0.4, -0.2) is 37.1 Å². The van der Waals surface area contributed by atoms with Gasteiger partial charge in [-0.3, -0.25) is 14.4 Å². The molecule has 0 atom stereocenters. The average Bonchev–Trinajstić information content (AvgIpc) is 2.72. The summed E-state index contributed by atoms with van der Waals surface area (Å²) in [5, 5.41) is 8.78.